The van der Waals surface area contributed by atoms with E-state index in [4.69, 9.17) is 9.47 Å². The molecule has 4 nitrogen and oxygen atoms in total. The van der Waals surface area contributed by atoms with Crippen molar-refractivity contribution in [1.29, 1.82) is 0 Å². The Hall–Kier alpha value is -1.71. The first-order chi connectivity index (χ1) is 9.74. The first-order valence-electron chi connectivity index (χ1n) is 7.39. The molecule has 1 aliphatic heterocycles. The van der Waals surface area contributed by atoms with Gasteiger partial charge in [0, 0.05) is 19.2 Å². The van der Waals surface area contributed by atoms with Crippen LogP contribution in [0.4, 0.5) is 0 Å². The molecule has 0 unspecified atom stereocenters. The Bertz CT molecular complexity index is 494. The van der Waals surface area contributed by atoms with Crippen molar-refractivity contribution in [2.75, 3.05) is 26.8 Å². The van der Waals surface area contributed by atoms with E-state index in [1.165, 1.54) is 25.7 Å². The molecular formula is C16H21NO3. The van der Waals surface area contributed by atoms with Crippen LogP contribution < -0.4 is 9.47 Å². The van der Waals surface area contributed by atoms with E-state index in [1.54, 1.807) is 6.07 Å². The Labute approximate surface area is 119 Å². The summed E-state index contributed by atoms with van der Waals surface area (Å²) in [6.07, 6.45) is 5.10. The average Bonchev–Trinajstić information content (AvgIpc) is 2.99. The number of amides is 1. The second-order valence-corrected chi connectivity index (χ2v) is 5.69. The summed E-state index contributed by atoms with van der Waals surface area (Å²) in [6, 6.07) is 5.44. The van der Waals surface area contributed by atoms with E-state index in [0.29, 0.717) is 30.4 Å². The fraction of sp³-hybridized carbons (Fsp3) is 0.562. The summed E-state index contributed by atoms with van der Waals surface area (Å²) >= 11 is 0. The number of hydrogen-bond acceptors (Lipinski definition) is 3. The van der Waals surface area contributed by atoms with Crippen LogP contribution >= 0.6 is 0 Å². The maximum atomic E-state index is 12.4. The smallest absolute Gasteiger partial charge is 0.253 e. The lowest BCUT2D eigenvalue weighted by Gasteiger charge is -2.23. The molecule has 1 aliphatic carbocycles. The van der Waals surface area contributed by atoms with Crippen molar-refractivity contribution in [1.82, 2.24) is 4.90 Å². The number of hydrogen-bond donors (Lipinski definition) is 0. The molecule has 0 spiro atoms. The van der Waals surface area contributed by atoms with Crippen molar-refractivity contribution < 1.29 is 14.3 Å². The van der Waals surface area contributed by atoms with Gasteiger partial charge < -0.3 is 14.4 Å². The number of fused-ring (bicyclic) bond motifs is 1. The van der Waals surface area contributed by atoms with E-state index in [0.717, 1.165) is 12.3 Å². The minimum atomic E-state index is 0.0638. The summed E-state index contributed by atoms with van der Waals surface area (Å²) in [5.74, 6) is 2.14. The quantitative estimate of drug-likeness (QED) is 0.851. The molecule has 1 aromatic rings. The van der Waals surface area contributed by atoms with Crippen molar-refractivity contribution in [3.63, 3.8) is 0 Å². The van der Waals surface area contributed by atoms with Gasteiger partial charge in [0.2, 0.25) is 0 Å². The zero-order valence-corrected chi connectivity index (χ0v) is 11.9. The summed E-state index contributed by atoms with van der Waals surface area (Å²) in [7, 11) is 1.89. The predicted octanol–water partition coefficient (Wildman–Crippen LogP) is 2.72. The van der Waals surface area contributed by atoms with Gasteiger partial charge in [-0.3, -0.25) is 4.79 Å². The number of ether oxygens (including phenoxy) is 2. The van der Waals surface area contributed by atoms with Gasteiger partial charge in [0.15, 0.2) is 11.5 Å². The standard InChI is InChI=1S/C16H21NO3/c1-17(11-12-4-2-3-5-12)16(18)13-6-7-14-15(10-13)20-9-8-19-14/h6-7,10,12H,2-5,8-9,11H2,1H3. The van der Waals surface area contributed by atoms with Crippen molar-refractivity contribution in [3.05, 3.63) is 23.8 Å². The highest BCUT2D eigenvalue weighted by Gasteiger charge is 2.21. The SMILES string of the molecule is CN(CC1CCCC1)C(=O)c1ccc2c(c1)OCCO2. The van der Waals surface area contributed by atoms with Crippen molar-refractivity contribution in [2.45, 2.75) is 25.7 Å². The largest absolute Gasteiger partial charge is 0.486 e. The molecule has 3 rings (SSSR count). The van der Waals surface area contributed by atoms with Crippen LogP contribution in [0.25, 0.3) is 0 Å². The molecule has 20 heavy (non-hydrogen) atoms. The van der Waals surface area contributed by atoms with E-state index < -0.39 is 0 Å². The lowest BCUT2D eigenvalue weighted by molar-refractivity contribution is 0.0772. The van der Waals surface area contributed by atoms with Crippen LogP contribution in [0.3, 0.4) is 0 Å². The van der Waals surface area contributed by atoms with E-state index in [9.17, 15) is 4.79 Å². The normalized spacial score (nSPS) is 18.1. The minimum absolute atomic E-state index is 0.0638. The molecule has 0 radical (unpaired) electrons. The summed E-state index contributed by atoms with van der Waals surface area (Å²) in [5, 5.41) is 0. The number of carbonyl (C=O) groups excluding carboxylic acids is 1. The van der Waals surface area contributed by atoms with E-state index in [2.05, 4.69) is 0 Å². The Kier molecular flexibility index (Phi) is 3.81. The Balaban J connectivity index is 1.69. The van der Waals surface area contributed by atoms with Gasteiger partial charge in [-0.1, -0.05) is 12.8 Å². The zero-order valence-electron chi connectivity index (χ0n) is 11.9. The van der Waals surface area contributed by atoms with Gasteiger partial charge in [-0.2, -0.15) is 0 Å². The highest BCUT2D eigenvalue weighted by atomic mass is 16.6. The van der Waals surface area contributed by atoms with Gasteiger partial charge in [0.1, 0.15) is 13.2 Å². The number of carbonyl (C=O) groups is 1. The molecule has 1 fully saturated rings. The van der Waals surface area contributed by atoms with Crippen molar-refractivity contribution in [3.8, 4) is 11.5 Å². The third kappa shape index (κ3) is 2.74. The molecule has 0 saturated heterocycles. The van der Waals surface area contributed by atoms with Crippen LogP contribution in [0, 0.1) is 5.92 Å². The maximum absolute atomic E-state index is 12.4. The molecule has 1 amide bonds. The zero-order chi connectivity index (χ0) is 13.9. The molecular weight excluding hydrogens is 254 g/mol. The Morgan fingerprint density at radius 1 is 1.20 bits per heavy atom. The first-order valence-corrected chi connectivity index (χ1v) is 7.39. The van der Waals surface area contributed by atoms with Crippen LogP contribution in [0.15, 0.2) is 18.2 Å². The Morgan fingerprint density at radius 3 is 2.65 bits per heavy atom. The van der Waals surface area contributed by atoms with Crippen LogP contribution in [-0.4, -0.2) is 37.6 Å². The van der Waals surface area contributed by atoms with Gasteiger partial charge in [0.05, 0.1) is 0 Å². The maximum Gasteiger partial charge on any atom is 0.253 e. The highest BCUT2D eigenvalue weighted by Crippen LogP contribution is 2.31. The second kappa shape index (κ2) is 5.73. The van der Waals surface area contributed by atoms with Gasteiger partial charge in [-0.25, -0.2) is 0 Å². The van der Waals surface area contributed by atoms with Crippen LogP contribution in [-0.2, 0) is 0 Å². The third-order valence-electron chi connectivity index (χ3n) is 4.14. The van der Waals surface area contributed by atoms with E-state index in [-0.39, 0.29) is 5.91 Å². The van der Waals surface area contributed by atoms with Crippen LogP contribution in [0.2, 0.25) is 0 Å². The summed E-state index contributed by atoms with van der Waals surface area (Å²) in [4.78, 5) is 14.3. The molecule has 2 aliphatic rings. The molecule has 1 heterocycles. The van der Waals surface area contributed by atoms with Crippen molar-refractivity contribution in [2.24, 2.45) is 5.92 Å². The highest BCUT2D eigenvalue weighted by molar-refractivity contribution is 5.94. The summed E-state index contributed by atoms with van der Waals surface area (Å²) < 4.78 is 11.0. The summed E-state index contributed by atoms with van der Waals surface area (Å²) in [5.41, 5.74) is 0.676. The topological polar surface area (TPSA) is 38.8 Å². The van der Waals surface area contributed by atoms with Crippen LogP contribution in [0.1, 0.15) is 36.0 Å². The number of nitrogens with zero attached hydrogens (tertiary/aromatic N) is 1. The Morgan fingerprint density at radius 2 is 1.90 bits per heavy atom. The third-order valence-corrected chi connectivity index (χ3v) is 4.14. The monoisotopic (exact) mass is 275 g/mol. The fourth-order valence-corrected chi connectivity index (χ4v) is 3.06. The van der Waals surface area contributed by atoms with Gasteiger partial charge in [0.25, 0.3) is 5.91 Å². The van der Waals surface area contributed by atoms with Gasteiger partial charge in [-0.15, -0.1) is 0 Å². The average molecular weight is 275 g/mol. The summed E-state index contributed by atoms with van der Waals surface area (Å²) in [6.45, 7) is 1.97. The number of rotatable bonds is 3. The molecule has 4 heteroatoms. The second-order valence-electron chi connectivity index (χ2n) is 5.69. The molecule has 108 valence electrons. The lowest BCUT2D eigenvalue weighted by Crippen LogP contribution is -2.31. The van der Waals surface area contributed by atoms with Crippen molar-refractivity contribution >= 4 is 5.91 Å². The predicted molar refractivity (Wildman–Crippen MR) is 76.4 cm³/mol. The van der Waals surface area contributed by atoms with Gasteiger partial charge in [-0.05, 0) is 37.0 Å². The molecule has 0 atom stereocenters. The number of benzene rings is 1. The first kappa shape index (κ1) is 13.3. The molecule has 1 aromatic carbocycles. The minimum Gasteiger partial charge on any atom is -0.486 e. The van der Waals surface area contributed by atoms with Gasteiger partial charge >= 0.3 is 0 Å². The van der Waals surface area contributed by atoms with Crippen LogP contribution in [0.5, 0.6) is 11.5 Å². The molecule has 0 N–H and O–H groups in total. The van der Waals surface area contributed by atoms with E-state index >= 15 is 0 Å². The lowest BCUT2D eigenvalue weighted by atomic mass is 10.1. The van der Waals surface area contributed by atoms with E-state index in [1.807, 2.05) is 24.1 Å². The fourth-order valence-electron chi connectivity index (χ4n) is 3.06. The molecule has 0 aromatic heterocycles. The molecule has 1 saturated carbocycles. The molecule has 0 bridgehead atoms.